The van der Waals surface area contributed by atoms with E-state index in [9.17, 15) is 4.79 Å². The highest BCUT2D eigenvalue weighted by molar-refractivity contribution is 9.10. The fourth-order valence-electron chi connectivity index (χ4n) is 1.16. The van der Waals surface area contributed by atoms with Crippen LogP contribution in [0.4, 0.5) is 0 Å². The summed E-state index contributed by atoms with van der Waals surface area (Å²) in [4.78, 5) is 15.3. The molecule has 0 radical (unpaired) electrons. The Morgan fingerprint density at radius 3 is 3.07 bits per heavy atom. The van der Waals surface area contributed by atoms with Crippen LogP contribution >= 0.6 is 15.9 Å². The van der Waals surface area contributed by atoms with Crippen molar-refractivity contribution in [1.29, 1.82) is 0 Å². The first kappa shape index (κ1) is 9.17. The summed E-state index contributed by atoms with van der Waals surface area (Å²) in [6.45, 7) is 0. The topological polar surface area (TPSA) is 72.4 Å². The minimum absolute atomic E-state index is 0.291. The Balaban J connectivity index is 2.62. The van der Waals surface area contributed by atoms with Crippen molar-refractivity contribution in [2.24, 2.45) is 5.84 Å². The van der Waals surface area contributed by atoms with Crippen LogP contribution in [-0.4, -0.2) is 15.3 Å². The molecule has 5 nitrogen and oxygen atoms in total. The lowest BCUT2D eigenvalue weighted by atomic mass is 10.5. The number of carbonyl (C=O) groups excluding carboxylic acids is 1. The molecule has 3 N–H and O–H groups in total. The number of halogens is 1. The average molecular weight is 255 g/mol. The Bertz CT molecular complexity index is 493. The smallest absolute Gasteiger partial charge is 0.285 e. The average Bonchev–Trinajstić information content (AvgIpc) is 2.62. The molecule has 0 fully saturated rings. The number of hydrazine groups is 1. The van der Waals surface area contributed by atoms with Gasteiger partial charge in [0.15, 0.2) is 5.65 Å². The molecule has 2 rings (SSSR count). The molecule has 0 saturated heterocycles. The summed E-state index contributed by atoms with van der Waals surface area (Å²) >= 11 is 3.33. The minimum atomic E-state index is -0.402. The fourth-order valence-corrected chi connectivity index (χ4v) is 1.61. The summed E-state index contributed by atoms with van der Waals surface area (Å²) in [5, 5.41) is 0. The van der Waals surface area contributed by atoms with Gasteiger partial charge in [0.1, 0.15) is 5.69 Å². The number of fused-ring (bicyclic) bond motifs is 1. The van der Waals surface area contributed by atoms with Crippen LogP contribution in [0.3, 0.4) is 0 Å². The van der Waals surface area contributed by atoms with Gasteiger partial charge >= 0.3 is 0 Å². The number of hydrogen-bond donors (Lipinski definition) is 2. The van der Waals surface area contributed by atoms with Gasteiger partial charge in [0, 0.05) is 12.4 Å². The van der Waals surface area contributed by atoms with Gasteiger partial charge in [0.05, 0.1) is 4.47 Å². The molecule has 14 heavy (non-hydrogen) atoms. The standard InChI is InChI=1S/C8H7BrN4O/c9-5-2-1-3-13-4-6(8(14)12-10)11-7(5)13/h1-4H,10H2,(H,12,14). The van der Waals surface area contributed by atoms with Crippen molar-refractivity contribution < 1.29 is 4.79 Å². The lowest BCUT2D eigenvalue weighted by Gasteiger charge is -1.92. The molecule has 0 unspecified atom stereocenters. The number of nitrogens with zero attached hydrogens (tertiary/aromatic N) is 2. The molecule has 0 atom stereocenters. The minimum Gasteiger partial charge on any atom is -0.305 e. The van der Waals surface area contributed by atoms with Gasteiger partial charge in [0.2, 0.25) is 0 Å². The van der Waals surface area contributed by atoms with E-state index >= 15 is 0 Å². The second-order valence-corrected chi connectivity index (χ2v) is 3.54. The summed E-state index contributed by atoms with van der Waals surface area (Å²) < 4.78 is 2.57. The Hall–Kier alpha value is -1.40. The molecule has 0 aliphatic carbocycles. The largest absolute Gasteiger partial charge is 0.305 e. The molecule has 2 aromatic heterocycles. The van der Waals surface area contributed by atoms with Gasteiger partial charge < -0.3 is 4.40 Å². The van der Waals surface area contributed by atoms with E-state index < -0.39 is 5.91 Å². The number of pyridine rings is 1. The predicted molar refractivity (Wildman–Crippen MR) is 54.5 cm³/mol. The highest BCUT2D eigenvalue weighted by atomic mass is 79.9. The zero-order valence-corrected chi connectivity index (χ0v) is 8.65. The maximum atomic E-state index is 11.2. The first-order valence-corrected chi connectivity index (χ1v) is 4.66. The lowest BCUT2D eigenvalue weighted by molar-refractivity contribution is 0.0949. The number of hydrogen-bond acceptors (Lipinski definition) is 3. The Morgan fingerprint density at radius 2 is 2.43 bits per heavy atom. The number of nitrogen functional groups attached to an aromatic ring is 1. The van der Waals surface area contributed by atoms with E-state index in [0.717, 1.165) is 4.47 Å². The molecule has 0 spiro atoms. The molecule has 6 heteroatoms. The molecule has 2 heterocycles. The van der Waals surface area contributed by atoms with Gasteiger partial charge in [-0.25, -0.2) is 10.8 Å². The van der Waals surface area contributed by atoms with E-state index in [0.29, 0.717) is 11.3 Å². The maximum Gasteiger partial charge on any atom is 0.285 e. The van der Waals surface area contributed by atoms with Crippen LogP contribution in [0.1, 0.15) is 10.5 Å². The van der Waals surface area contributed by atoms with E-state index in [1.54, 1.807) is 16.8 Å². The molecule has 0 saturated carbocycles. The molecule has 0 aliphatic rings. The van der Waals surface area contributed by atoms with Gasteiger partial charge in [-0.2, -0.15) is 0 Å². The lowest BCUT2D eigenvalue weighted by Crippen LogP contribution is -2.30. The molecule has 0 aromatic carbocycles. The third-order valence-corrected chi connectivity index (χ3v) is 2.42. The van der Waals surface area contributed by atoms with Crippen LogP contribution in [0.5, 0.6) is 0 Å². The van der Waals surface area contributed by atoms with Crippen LogP contribution in [0, 0.1) is 0 Å². The van der Waals surface area contributed by atoms with Gasteiger partial charge in [-0.1, -0.05) is 0 Å². The normalized spacial score (nSPS) is 10.4. The highest BCUT2D eigenvalue weighted by Crippen LogP contribution is 2.16. The summed E-state index contributed by atoms with van der Waals surface area (Å²) in [5.74, 6) is 4.60. The van der Waals surface area contributed by atoms with Crippen LogP contribution < -0.4 is 11.3 Å². The van der Waals surface area contributed by atoms with E-state index in [-0.39, 0.29) is 0 Å². The van der Waals surface area contributed by atoms with E-state index in [1.807, 2.05) is 17.6 Å². The maximum absolute atomic E-state index is 11.2. The number of carbonyl (C=O) groups is 1. The van der Waals surface area contributed by atoms with Crippen LogP contribution in [0.15, 0.2) is 29.0 Å². The van der Waals surface area contributed by atoms with Gasteiger partial charge in [-0.3, -0.25) is 10.2 Å². The zero-order chi connectivity index (χ0) is 10.1. The van der Waals surface area contributed by atoms with Crippen molar-refractivity contribution >= 4 is 27.5 Å². The monoisotopic (exact) mass is 254 g/mol. The Labute approximate surface area is 88.0 Å². The molecule has 0 bridgehead atoms. The number of amides is 1. The quantitative estimate of drug-likeness (QED) is 0.447. The summed E-state index contributed by atoms with van der Waals surface area (Å²) in [7, 11) is 0. The third kappa shape index (κ3) is 1.38. The molecule has 2 aromatic rings. The number of imidazole rings is 1. The molecular weight excluding hydrogens is 248 g/mol. The number of nitrogens with two attached hydrogens (primary N) is 1. The second-order valence-electron chi connectivity index (χ2n) is 2.69. The number of rotatable bonds is 1. The van der Waals surface area contributed by atoms with Gasteiger partial charge in [0.25, 0.3) is 5.91 Å². The van der Waals surface area contributed by atoms with E-state index in [2.05, 4.69) is 20.9 Å². The van der Waals surface area contributed by atoms with Crippen molar-refractivity contribution in [3.05, 3.63) is 34.7 Å². The van der Waals surface area contributed by atoms with Crippen molar-refractivity contribution in [3.63, 3.8) is 0 Å². The first-order chi connectivity index (χ1) is 6.72. The summed E-state index contributed by atoms with van der Waals surface area (Å²) in [5.41, 5.74) is 3.01. The second kappa shape index (κ2) is 3.39. The summed E-state index contributed by atoms with van der Waals surface area (Å²) in [6, 6.07) is 3.70. The van der Waals surface area contributed by atoms with Crippen molar-refractivity contribution in [2.75, 3.05) is 0 Å². The van der Waals surface area contributed by atoms with E-state index in [1.165, 1.54) is 0 Å². The fraction of sp³-hybridized carbons (Fsp3) is 0. The van der Waals surface area contributed by atoms with Crippen molar-refractivity contribution in [3.8, 4) is 0 Å². The van der Waals surface area contributed by atoms with Crippen LogP contribution in [0.2, 0.25) is 0 Å². The Kier molecular flexibility index (Phi) is 2.22. The van der Waals surface area contributed by atoms with E-state index in [4.69, 9.17) is 5.84 Å². The van der Waals surface area contributed by atoms with Gasteiger partial charge in [-0.15, -0.1) is 0 Å². The zero-order valence-electron chi connectivity index (χ0n) is 7.07. The SMILES string of the molecule is NNC(=O)c1cn2cccc(Br)c2n1. The molecule has 0 aliphatic heterocycles. The molecule has 1 amide bonds. The molecular formula is C8H7BrN4O. The number of nitrogens with one attached hydrogen (secondary N) is 1. The van der Waals surface area contributed by atoms with Gasteiger partial charge in [-0.05, 0) is 28.1 Å². The van der Waals surface area contributed by atoms with Crippen molar-refractivity contribution in [2.45, 2.75) is 0 Å². The van der Waals surface area contributed by atoms with Crippen molar-refractivity contribution in [1.82, 2.24) is 14.8 Å². The van der Waals surface area contributed by atoms with Crippen LogP contribution in [0.25, 0.3) is 5.65 Å². The third-order valence-electron chi connectivity index (χ3n) is 1.80. The highest BCUT2D eigenvalue weighted by Gasteiger charge is 2.09. The number of aromatic nitrogens is 2. The first-order valence-electron chi connectivity index (χ1n) is 3.86. The predicted octanol–water partition coefficient (Wildman–Crippen LogP) is 0.700. The van der Waals surface area contributed by atoms with Crippen LogP contribution in [-0.2, 0) is 0 Å². The Morgan fingerprint density at radius 1 is 1.64 bits per heavy atom. The molecule has 72 valence electrons. The summed E-state index contributed by atoms with van der Waals surface area (Å²) in [6.07, 6.45) is 3.42.